The summed E-state index contributed by atoms with van der Waals surface area (Å²) in [6, 6.07) is 6.68. The van der Waals surface area contributed by atoms with Crippen molar-refractivity contribution < 1.29 is 14.3 Å². The van der Waals surface area contributed by atoms with E-state index in [9.17, 15) is 9.59 Å². The molecule has 0 saturated heterocycles. The van der Waals surface area contributed by atoms with Gasteiger partial charge in [0.15, 0.2) is 5.16 Å². The molecule has 7 nitrogen and oxygen atoms in total. The van der Waals surface area contributed by atoms with E-state index in [1.54, 1.807) is 25.3 Å². The van der Waals surface area contributed by atoms with Gasteiger partial charge in [-0.25, -0.2) is 4.98 Å². The number of aryl methyl sites for hydroxylation is 1. The highest BCUT2D eigenvalue weighted by Gasteiger charge is 2.21. The zero-order valence-electron chi connectivity index (χ0n) is 16.0. The van der Waals surface area contributed by atoms with Gasteiger partial charge in [0.05, 0.1) is 25.2 Å². The van der Waals surface area contributed by atoms with E-state index in [0.717, 1.165) is 18.5 Å². The predicted molar refractivity (Wildman–Crippen MR) is 107 cm³/mol. The summed E-state index contributed by atoms with van der Waals surface area (Å²) < 4.78 is 10.5. The number of aromatic nitrogens is 2. The summed E-state index contributed by atoms with van der Waals surface area (Å²) in [5.74, 6) is 0.967. The molecule has 0 aliphatic carbocycles. The maximum absolute atomic E-state index is 12.7. The molecule has 1 amide bonds. The van der Waals surface area contributed by atoms with Gasteiger partial charge < -0.3 is 19.8 Å². The Balaban J connectivity index is 2.16. The average Bonchev–Trinajstić information content (AvgIpc) is 2.66. The number of amides is 1. The van der Waals surface area contributed by atoms with Crippen LogP contribution in [-0.2, 0) is 11.2 Å². The van der Waals surface area contributed by atoms with E-state index in [4.69, 9.17) is 9.47 Å². The highest BCUT2D eigenvalue weighted by Crippen LogP contribution is 2.30. The number of aromatic amines is 1. The van der Waals surface area contributed by atoms with Crippen LogP contribution in [0.25, 0.3) is 0 Å². The topological polar surface area (TPSA) is 93.3 Å². The Bertz CT molecular complexity index is 838. The van der Waals surface area contributed by atoms with Gasteiger partial charge in [-0.05, 0) is 25.0 Å². The second-order valence-electron chi connectivity index (χ2n) is 5.86. The van der Waals surface area contributed by atoms with Crippen LogP contribution in [0.15, 0.2) is 34.2 Å². The number of carbonyl (C=O) groups excluding carboxylic acids is 1. The Labute approximate surface area is 162 Å². The minimum Gasteiger partial charge on any atom is -0.497 e. The summed E-state index contributed by atoms with van der Waals surface area (Å²) in [6.45, 7) is 3.94. The number of anilines is 1. The molecule has 0 bridgehead atoms. The summed E-state index contributed by atoms with van der Waals surface area (Å²) in [5.41, 5.74) is 1.09. The molecule has 0 fully saturated rings. The summed E-state index contributed by atoms with van der Waals surface area (Å²) in [4.78, 5) is 31.7. The van der Waals surface area contributed by atoms with Gasteiger partial charge in [-0.1, -0.05) is 32.0 Å². The molecule has 1 unspecified atom stereocenters. The van der Waals surface area contributed by atoms with E-state index in [0.29, 0.717) is 28.8 Å². The van der Waals surface area contributed by atoms with Crippen LogP contribution < -0.4 is 20.3 Å². The number of methoxy groups -OCH3 is 2. The summed E-state index contributed by atoms with van der Waals surface area (Å²) >= 11 is 1.25. The fourth-order valence-electron chi connectivity index (χ4n) is 2.50. The van der Waals surface area contributed by atoms with Crippen LogP contribution >= 0.6 is 11.8 Å². The lowest BCUT2D eigenvalue weighted by Gasteiger charge is -2.16. The van der Waals surface area contributed by atoms with Gasteiger partial charge in [0.25, 0.3) is 5.56 Å². The number of nitrogens with one attached hydrogen (secondary N) is 2. The number of nitrogens with zero attached hydrogens (tertiary/aromatic N) is 1. The van der Waals surface area contributed by atoms with E-state index in [-0.39, 0.29) is 11.5 Å². The maximum atomic E-state index is 12.7. The summed E-state index contributed by atoms with van der Waals surface area (Å²) in [5, 5.41) is 2.93. The summed E-state index contributed by atoms with van der Waals surface area (Å²) in [6.07, 6.45) is 2.20. The van der Waals surface area contributed by atoms with Crippen LogP contribution in [0, 0.1) is 0 Å². The van der Waals surface area contributed by atoms with Gasteiger partial charge in [0, 0.05) is 17.8 Å². The third kappa shape index (κ3) is 5.75. The molecule has 0 spiro atoms. The quantitative estimate of drug-likeness (QED) is 0.503. The largest absolute Gasteiger partial charge is 0.497 e. The number of carbonyl (C=O) groups is 1. The van der Waals surface area contributed by atoms with Crippen molar-refractivity contribution in [2.75, 3.05) is 19.5 Å². The van der Waals surface area contributed by atoms with Crippen LogP contribution in [0.5, 0.6) is 11.5 Å². The minimum absolute atomic E-state index is 0.186. The lowest BCUT2D eigenvalue weighted by molar-refractivity contribution is -0.115. The molecule has 0 saturated carbocycles. The lowest BCUT2D eigenvalue weighted by Crippen LogP contribution is -2.25. The van der Waals surface area contributed by atoms with Crippen LogP contribution in [0.3, 0.4) is 0 Å². The van der Waals surface area contributed by atoms with E-state index in [1.165, 1.54) is 24.9 Å². The van der Waals surface area contributed by atoms with Crippen molar-refractivity contribution in [1.82, 2.24) is 9.97 Å². The van der Waals surface area contributed by atoms with Crippen molar-refractivity contribution in [3.8, 4) is 11.5 Å². The summed E-state index contributed by atoms with van der Waals surface area (Å²) in [7, 11) is 3.10. The van der Waals surface area contributed by atoms with Crippen molar-refractivity contribution in [3.63, 3.8) is 0 Å². The van der Waals surface area contributed by atoms with Crippen molar-refractivity contribution in [2.45, 2.75) is 43.5 Å². The number of hydrogen-bond acceptors (Lipinski definition) is 6. The van der Waals surface area contributed by atoms with Crippen LogP contribution in [-0.4, -0.2) is 35.3 Å². The first-order valence-electron chi connectivity index (χ1n) is 8.80. The number of rotatable bonds is 9. The number of thioether (sulfide) groups is 1. The fourth-order valence-corrected chi connectivity index (χ4v) is 3.43. The standard InChI is InChI=1S/C19H25N3O4S/c1-5-7-12-10-17(23)22-19(20-12)27-16(6-2)18(24)21-14-9-8-13(25-3)11-15(14)26-4/h8-11,16H,5-7H2,1-4H3,(H,21,24)(H,20,22,23). The van der Waals surface area contributed by atoms with E-state index in [1.807, 2.05) is 13.8 Å². The van der Waals surface area contributed by atoms with Crippen molar-refractivity contribution in [2.24, 2.45) is 0 Å². The third-order valence-corrected chi connectivity index (χ3v) is 5.11. The van der Waals surface area contributed by atoms with Crippen LogP contribution in [0.4, 0.5) is 5.69 Å². The molecule has 1 aromatic carbocycles. The molecule has 2 aromatic rings. The molecular formula is C19H25N3O4S. The van der Waals surface area contributed by atoms with Crippen molar-refractivity contribution in [1.29, 1.82) is 0 Å². The molecular weight excluding hydrogens is 366 g/mol. The first kappa shape index (κ1) is 20.8. The Morgan fingerprint density at radius 3 is 2.67 bits per heavy atom. The first-order chi connectivity index (χ1) is 13.0. The Hall–Kier alpha value is -2.48. The van der Waals surface area contributed by atoms with E-state index >= 15 is 0 Å². The highest BCUT2D eigenvalue weighted by molar-refractivity contribution is 8.00. The molecule has 0 radical (unpaired) electrons. The number of H-pyrrole nitrogens is 1. The molecule has 8 heteroatoms. The normalized spacial score (nSPS) is 11.7. The van der Waals surface area contributed by atoms with Gasteiger partial charge in [-0.2, -0.15) is 0 Å². The molecule has 0 aliphatic rings. The van der Waals surface area contributed by atoms with Gasteiger partial charge in [-0.3, -0.25) is 9.59 Å². The SMILES string of the molecule is CCCc1cc(=O)[nH]c(SC(CC)C(=O)Nc2ccc(OC)cc2OC)n1. The molecule has 1 atom stereocenters. The average molecular weight is 391 g/mol. The predicted octanol–water partition coefficient (Wildman–Crippen LogP) is 3.25. The van der Waals surface area contributed by atoms with E-state index < -0.39 is 5.25 Å². The molecule has 27 heavy (non-hydrogen) atoms. The van der Waals surface area contributed by atoms with E-state index in [2.05, 4.69) is 15.3 Å². The zero-order valence-corrected chi connectivity index (χ0v) is 16.8. The lowest BCUT2D eigenvalue weighted by atomic mass is 10.2. The number of ether oxygens (including phenoxy) is 2. The Morgan fingerprint density at radius 2 is 2.04 bits per heavy atom. The molecule has 1 heterocycles. The van der Waals surface area contributed by atoms with Crippen molar-refractivity contribution in [3.05, 3.63) is 40.3 Å². The number of hydrogen-bond donors (Lipinski definition) is 2. The zero-order chi connectivity index (χ0) is 19.8. The van der Waals surface area contributed by atoms with Crippen LogP contribution in [0.2, 0.25) is 0 Å². The molecule has 2 N–H and O–H groups in total. The monoisotopic (exact) mass is 391 g/mol. The molecule has 146 valence electrons. The Kier molecular flexibility index (Phi) is 7.72. The fraction of sp³-hybridized carbons (Fsp3) is 0.421. The minimum atomic E-state index is -0.406. The number of benzene rings is 1. The molecule has 1 aromatic heterocycles. The van der Waals surface area contributed by atoms with Crippen LogP contribution in [0.1, 0.15) is 32.4 Å². The van der Waals surface area contributed by atoms with Gasteiger partial charge >= 0.3 is 0 Å². The molecule has 0 aliphatic heterocycles. The smallest absolute Gasteiger partial charge is 0.251 e. The third-order valence-electron chi connectivity index (χ3n) is 3.86. The Morgan fingerprint density at radius 1 is 1.26 bits per heavy atom. The van der Waals surface area contributed by atoms with Gasteiger partial charge in [0.2, 0.25) is 5.91 Å². The van der Waals surface area contributed by atoms with Gasteiger partial charge in [0.1, 0.15) is 11.5 Å². The van der Waals surface area contributed by atoms with Gasteiger partial charge in [-0.15, -0.1) is 0 Å². The second-order valence-corrected chi connectivity index (χ2v) is 7.05. The first-order valence-corrected chi connectivity index (χ1v) is 9.68. The van der Waals surface area contributed by atoms with Crippen molar-refractivity contribution >= 4 is 23.4 Å². The maximum Gasteiger partial charge on any atom is 0.251 e. The highest BCUT2D eigenvalue weighted by atomic mass is 32.2. The second kappa shape index (κ2) is 10.0. The molecule has 2 rings (SSSR count).